The molecule has 0 spiro atoms. The monoisotopic (exact) mass is 256 g/mol. The Morgan fingerprint density at radius 2 is 2.28 bits per heavy atom. The van der Waals surface area contributed by atoms with Crippen LogP contribution in [0.1, 0.15) is 32.1 Å². The van der Waals surface area contributed by atoms with Gasteiger partial charge in [0.15, 0.2) is 6.29 Å². The quantitative estimate of drug-likeness (QED) is 0.758. The minimum absolute atomic E-state index is 0.00646. The Morgan fingerprint density at radius 1 is 1.39 bits per heavy atom. The van der Waals surface area contributed by atoms with Crippen molar-refractivity contribution in [3.8, 4) is 0 Å². The minimum atomic E-state index is -0.146. The summed E-state index contributed by atoms with van der Waals surface area (Å²) in [5.41, 5.74) is 0. The number of ether oxygens (including phenoxy) is 3. The van der Waals surface area contributed by atoms with Crippen LogP contribution in [0.5, 0.6) is 0 Å². The Morgan fingerprint density at radius 3 is 3.00 bits per heavy atom. The number of fused-ring (bicyclic) bond motifs is 1. The number of aliphatic hydroxyl groups is 1. The summed E-state index contributed by atoms with van der Waals surface area (Å²) in [6.07, 6.45) is 4.00. The van der Waals surface area contributed by atoms with Crippen LogP contribution in [0, 0.1) is 11.8 Å². The van der Waals surface area contributed by atoms with E-state index in [4.69, 9.17) is 14.2 Å². The van der Waals surface area contributed by atoms with Crippen LogP contribution in [0.3, 0.4) is 0 Å². The van der Waals surface area contributed by atoms with Gasteiger partial charge in [-0.2, -0.15) is 0 Å². The molecule has 1 N–H and O–H groups in total. The maximum atomic E-state index is 11.2. The molecule has 1 unspecified atom stereocenters. The van der Waals surface area contributed by atoms with Crippen molar-refractivity contribution < 1.29 is 24.1 Å². The van der Waals surface area contributed by atoms with Crippen LogP contribution in [-0.2, 0) is 19.0 Å². The molecule has 102 valence electrons. The van der Waals surface area contributed by atoms with Crippen molar-refractivity contribution in [3.05, 3.63) is 0 Å². The van der Waals surface area contributed by atoms with Gasteiger partial charge in [-0.05, 0) is 19.3 Å². The maximum Gasteiger partial charge on any atom is 0.306 e. The largest absolute Gasteiger partial charge is 0.462 e. The predicted octanol–water partition coefficient (Wildman–Crippen LogP) is 0.842. The highest BCUT2D eigenvalue weighted by Crippen LogP contribution is 2.43. The zero-order chi connectivity index (χ0) is 12.5. The summed E-state index contributed by atoms with van der Waals surface area (Å²) in [6.45, 7) is 0.804. The Hall–Kier alpha value is -0.650. The first-order valence-corrected chi connectivity index (χ1v) is 6.85. The van der Waals surface area contributed by atoms with Gasteiger partial charge in [0.25, 0.3) is 0 Å². The fraction of sp³-hybridized carbons (Fsp3) is 0.923. The fourth-order valence-electron chi connectivity index (χ4n) is 3.38. The third kappa shape index (κ3) is 2.27. The molecule has 2 aliphatic heterocycles. The van der Waals surface area contributed by atoms with E-state index in [2.05, 4.69) is 0 Å². The fourth-order valence-corrected chi connectivity index (χ4v) is 3.38. The highest BCUT2D eigenvalue weighted by atomic mass is 16.7. The first-order valence-electron chi connectivity index (χ1n) is 6.85. The molecule has 2 saturated heterocycles. The van der Waals surface area contributed by atoms with E-state index < -0.39 is 0 Å². The van der Waals surface area contributed by atoms with Crippen LogP contribution in [-0.4, -0.2) is 42.8 Å². The Labute approximate surface area is 106 Å². The van der Waals surface area contributed by atoms with Gasteiger partial charge in [-0.15, -0.1) is 0 Å². The summed E-state index contributed by atoms with van der Waals surface area (Å²) in [6, 6.07) is 0. The molecule has 1 saturated carbocycles. The molecule has 3 aliphatic rings. The summed E-state index contributed by atoms with van der Waals surface area (Å²) >= 11 is 0. The molecule has 3 fully saturated rings. The molecule has 0 radical (unpaired) electrons. The van der Waals surface area contributed by atoms with Crippen molar-refractivity contribution in [3.63, 3.8) is 0 Å². The third-order valence-corrected chi connectivity index (χ3v) is 4.33. The molecular weight excluding hydrogens is 236 g/mol. The van der Waals surface area contributed by atoms with E-state index in [9.17, 15) is 9.90 Å². The molecule has 3 rings (SSSR count). The van der Waals surface area contributed by atoms with Crippen LogP contribution in [0.15, 0.2) is 0 Å². The van der Waals surface area contributed by atoms with Gasteiger partial charge in [0, 0.05) is 31.5 Å². The minimum Gasteiger partial charge on any atom is -0.462 e. The Balaban J connectivity index is 1.61. The van der Waals surface area contributed by atoms with Crippen LogP contribution in [0.25, 0.3) is 0 Å². The molecule has 5 heteroatoms. The molecule has 5 nitrogen and oxygen atoms in total. The SMILES string of the molecule is O=C1C[C@@H]2[C@@H](CO)[C@H](OC3CCCCO3)C[C@@H]2O1. The molecule has 5 atom stereocenters. The number of carbonyl (C=O) groups excluding carboxylic acids is 1. The molecule has 0 aromatic carbocycles. The van der Waals surface area contributed by atoms with Gasteiger partial charge in [-0.3, -0.25) is 4.79 Å². The van der Waals surface area contributed by atoms with E-state index in [-0.39, 0.29) is 42.9 Å². The maximum absolute atomic E-state index is 11.2. The van der Waals surface area contributed by atoms with Crippen molar-refractivity contribution in [1.29, 1.82) is 0 Å². The first kappa shape index (κ1) is 12.4. The van der Waals surface area contributed by atoms with Gasteiger partial charge >= 0.3 is 5.97 Å². The zero-order valence-electron chi connectivity index (χ0n) is 10.4. The van der Waals surface area contributed by atoms with Gasteiger partial charge < -0.3 is 19.3 Å². The smallest absolute Gasteiger partial charge is 0.306 e. The average molecular weight is 256 g/mol. The molecule has 0 bridgehead atoms. The standard InChI is InChI=1S/C13H20O5/c14-7-9-8-5-12(15)17-10(8)6-11(9)18-13-3-1-2-4-16-13/h8-11,13-14H,1-7H2/t8-,9-,10+,11-,13?/m1/s1. The Kier molecular flexibility index (Phi) is 3.54. The first-order chi connectivity index (χ1) is 8.78. The molecule has 18 heavy (non-hydrogen) atoms. The lowest BCUT2D eigenvalue weighted by atomic mass is 9.93. The van der Waals surface area contributed by atoms with Crippen molar-refractivity contribution in [2.45, 2.75) is 50.6 Å². The molecule has 1 aliphatic carbocycles. The van der Waals surface area contributed by atoms with Crippen LogP contribution in [0.2, 0.25) is 0 Å². The predicted molar refractivity (Wildman–Crippen MR) is 61.6 cm³/mol. The van der Waals surface area contributed by atoms with Crippen molar-refractivity contribution in [2.75, 3.05) is 13.2 Å². The van der Waals surface area contributed by atoms with Crippen LogP contribution >= 0.6 is 0 Å². The highest BCUT2D eigenvalue weighted by molar-refractivity contribution is 5.72. The molecular formula is C13H20O5. The van der Waals surface area contributed by atoms with Gasteiger partial charge in [-0.1, -0.05) is 0 Å². The summed E-state index contributed by atoms with van der Waals surface area (Å²) < 4.78 is 16.8. The summed E-state index contributed by atoms with van der Waals surface area (Å²) in [5, 5.41) is 9.51. The Bertz CT molecular complexity index is 313. The second-order valence-electron chi connectivity index (χ2n) is 5.45. The summed E-state index contributed by atoms with van der Waals surface area (Å²) in [5.74, 6) is -0.0149. The number of hydrogen-bond donors (Lipinski definition) is 1. The van der Waals surface area contributed by atoms with E-state index in [1.807, 2.05) is 0 Å². The topological polar surface area (TPSA) is 65.0 Å². The van der Waals surface area contributed by atoms with Crippen LogP contribution in [0.4, 0.5) is 0 Å². The number of esters is 1. The van der Waals surface area contributed by atoms with Gasteiger partial charge in [0.2, 0.25) is 0 Å². The molecule has 0 amide bonds. The number of hydrogen-bond acceptors (Lipinski definition) is 5. The highest BCUT2D eigenvalue weighted by Gasteiger charge is 2.50. The lowest BCUT2D eigenvalue weighted by Crippen LogP contribution is -2.33. The molecule has 0 aromatic rings. The van der Waals surface area contributed by atoms with Gasteiger partial charge in [0.05, 0.1) is 12.5 Å². The van der Waals surface area contributed by atoms with E-state index in [1.165, 1.54) is 0 Å². The zero-order valence-corrected chi connectivity index (χ0v) is 10.4. The summed E-state index contributed by atoms with van der Waals surface area (Å²) in [4.78, 5) is 11.2. The number of aliphatic hydroxyl groups excluding tert-OH is 1. The normalized spacial score (nSPS) is 43.8. The second kappa shape index (κ2) is 5.15. The number of carbonyl (C=O) groups is 1. The van der Waals surface area contributed by atoms with E-state index in [1.54, 1.807) is 0 Å². The lowest BCUT2D eigenvalue weighted by molar-refractivity contribution is -0.199. The third-order valence-electron chi connectivity index (χ3n) is 4.33. The van der Waals surface area contributed by atoms with Crippen LogP contribution < -0.4 is 0 Å². The second-order valence-corrected chi connectivity index (χ2v) is 5.45. The van der Waals surface area contributed by atoms with Crippen molar-refractivity contribution in [2.24, 2.45) is 11.8 Å². The lowest BCUT2D eigenvalue weighted by Gasteiger charge is -2.29. The van der Waals surface area contributed by atoms with E-state index in [0.717, 1.165) is 25.9 Å². The number of rotatable bonds is 3. The molecule has 2 heterocycles. The van der Waals surface area contributed by atoms with Gasteiger partial charge in [0.1, 0.15) is 6.10 Å². The van der Waals surface area contributed by atoms with Crippen molar-refractivity contribution in [1.82, 2.24) is 0 Å². The van der Waals surface area contributed by atoms with E-state index >= 15 is 0 Å². The molecule has 0 aromatic heterocycles. The van der Waals surface area contributed by atoms with E-state index in [0.29, 0.717) is 12.8 Å². The summed E-state index contributed by atoms with van der Waals surface area (Å²) in [7, 11) is 0. The van der Waals surface area contributed by atoms with Crippen molar-refractivity contribution >= 4 is 5.97 Å². The average Bonchev–Trinajstić information content (AvgIpc) is 2.85. The van der Waals surface area contributed by atoms with Gasteiger partial charge in [-0.25, -0.2) is 0 Å².